The molecule has 1 aliphatic heterocycles. The van der Waals surface area contributed by atoms with Crippen molar-refractivity contribution in [1.82, 2.24) is 5.32 Å². The second kappa shape index (κ2) is 4.75. The highest BCUT2D eigenvalue weighted by Gasteiger charge is 2.45. The van der Waals surface area contributed by atoms with Crippen LogP contribution in [0.5, 0.6) is 0 Å². The van der Waals surface area contributed by atoms with Crippen molar-refractivity contribution in [2.24, 2.45) is 11.3 Å². The smallest absolute Gasteiger partial charge is 0.311 e. The van der Waals surface area contributed by atoms with Gasteiger partial charge in [-0.2, -0.15) is 0 Å². The molecule has 0 amide bonds. The van der Waals surface area contributed by atoms with E-state index in [4.69, 9.17) is 4.74 Å². The van der Waals surface area contributed by atoms with Crippen molar-refractivity contribution in [1.29, 1.82) is 0 Å². The van der Waals surface area contributed by atoms with Crippen LogP contribution in [0.1, 0.15) is 19.8 Å². The molecule has 4 nitrogen and oxygen atoms in total. The minimum atomic E-state index is -0.675. The molecule has 0 aromatic rings. The fourth-order valence-corrected chi connectivity index (χ4v) is 2.10. The first-order valence-electron chi connectivity index (χ1n) is 5.06. The number of ether oxygens (including phenoxy) is 1. The van der Waals surface area contributed by atoms with Gasteiger partial charge in [0.15, 0.2) is 0 Å². The molecule has 0 radical (unpaired) electrons. The summed E-state index contributed by atoms with van der Waals surface area (Å²) in [5.41, 5.74) is -0.571. The van der Waals surface area contributed by atoms with Crippen molar-refractivity contribution in [3.63, 3.8) is 0 Å². The molecule has 0 saturated carbocycles. The fourth-order valence-electron chi connectivity index (χ4n) is 2.10. The van der Waals surface area contributed by atoms with E-state index in [1.807, 2.05) is 6.92 Å². The van der Waals surface area contributed by atoms with Crippen molar-refractivity contribution < 1.29 is 14.6 Å². The standard InChI is InChI=1S/C10H19NO3/c1-8(3-6-14-2)10(9(12)13)4-5-11-7-10/h8,11H,3-7H2,1-2H3,(H,12,13). The van der Waals surface area contributed by atoms with E-state index in [1.165, 1.54) is 0 Å². The van der Waals surface area contributed by atoms with Crippen LogP contribution in [-0.2, 0) is 9.53 Å². The lowest BCUT2D eigenvalue weighted by molar-refractivity contribution is -0.151. The Kier molecular flexibility index (Phi) is 3.89. The maximum atomic E-state index is 11.2. The molecule has 2 unspecified atom stereocenters. The van der Waals surface area contributed by atoms with E-state index in [0.717, 1.165) is 19.4 Å². The molecular weight excluding hydrogens is 182 g/mol. The molecule has 0 spiro atoms. The minimum Gasteiger partial charge on any atom is -0.481 e. The Morgan fingerprint density at radius 1 is 1.71 bits per heavy atom. The number of methoxy groups -OCH3 is 1. The molecule has 0 aromatic heterocycles. The SMILES string of the molecule is COCCC(C)C1(C(=O)O)CCNC1. The van der Waals surface area contributed by atoms with E-state index < -0.39 is 11.4 Å². The van der Waals surface area contributed by atoms with Crippen LogP contribution >= 0.6 is 0 Å². The molecule has 0 aromatic carbocycles. The van der Waals surface area contributed by atoms with Crippen molar-refractivity contribution in [3.8, 4) is 0 Å². The Balaban J connectivity index is 2.62. The maximum absolute atomic E-state index is 11.2. The topological polar surface area (TPSA) is 58.6 Å². The molecule has 1 rings (SSSR count). The first kappa shape index (κ1) is 11.5. The lowest BCUT2D eigenvalue weighted by Crippen LogP contribution is -2.39. The predicted molar refractivity (Wildman–Crippen MR) is 53.2 cm³/mol. The molecule has 14 heavy (non-hydrogen) atoms. The summed E-state index contributed by atoms with van der Waals surface area (Å²) in [5, 5.41) is 12.4. The number of carboxylic acid groups (broad SMARTS) is 1. The van der Waals surface area contributed by atoms with E-state index >= 15 is 0 Å². The molecule has 1 fully saturated rings. The second-order valence-electron chi connectivity index (χ2n) is 4.07. The quantitative estimate of drug-likeness (QED) is 0.688. The van der Waals surface area contributed by atoms with Crippen LogP contribution in [0.2, 0.25) is 0 Å². The Morgan fingerprint density at radius 3 is 2.86 bits per heavy atom. The van der Waals surface area contributed by atoms with E-state index in [9.17, 15) is 9.90 Å². The Labute approximate surface area is 84.6 Å². The van der Waals surface area contributed by atoms with Crippen molar-refractivity contribution in [3.05, 3.63) is 0 Å². The van der Waals surface area contributed by atoms with Gasteiger partial charge in [0, 0.05) is 20.3 Å². The Bertz CT molecular complexity index is 200. The van der Waals surface area contributed by atoms with Gasteiger partial charge >= 0.3 is 5.97 Å². The fraction of sp³-hybridized carbons (Fsp3) is 0.900. The molecule has 1 aliphatic rings. The highest BCUT2D eigenvalue weighted by molar-refractivity contribution is 5.75. The number of hydrogen-bond acceptors (Lipinski definition) is 3. The number of carbonyl (C=O) groups is 1. The third-order valence-corrected chi connectivity index (χ3v) is 3.31. The van der Waals surface area contributed by atoms with E-state index in [1.54, 1.807) is 7.11 Å². The van der Waals surface area contributed by atoms with Crippen molar-refractivity contribution in [2.45, 2.75) is 19.8 Å². The molecule has 0 aliphatic carbocycles. The first-order valence-corrected chi connectivity index (χ1v) is 5.06. The Morgan fingerprint density at radius 2 is 2.43 bits per heavy atom. The molecular formula is C10H19NO3. The lowest BCUT2D eigenvalue weighted by Gasteiger charge is -2.30. The van der Waals surface area contributed by atoms with Gasteiger partial charge in [0.05, 0.1) is 5.41 Å². The number of aliphatic carboxylic acids is 1. The Hall–Kier alpha value is -0.610. The van der Waals surface area contributed by atoms with Crippen LogP contribution in [0.3, 0.4) is 0 Å². The van der Waals surface area contributed by atoms with Crippen molar-refractivity contribution in [2.75, 3.05) is 26.8 Å². The largest absolute Gasteiger partial charge is 0.481 e. The third-order valence-electron chi connectivity index (χ3n) is 3.31. The average Bonchev–Trinajstić information content (AvgIpc) is 2.63. The van der Waals surface area contributed by atoms with Gasteiger partial charge in [-0.3, -0.25) is 4.79 Å². The monoisotopic (exact) mass is 201 g/mol. The minimum absolute atomic E-state index is 0.162. The summed E-state index contributed by atoms with van der Waals surface area (Å²) in [7, 11) is 1.65. The zero-order valence-corrected chi connectivity index (χ0v) is 8.88. The highest BCUT2D eigenvalue weighted by Crippen LogP contribution is 2.36. The number of rotatable bonds is 5. The van der Waals surface area contributed by atoms with Crippen LogP contribution in [-0.4, -0.2) is 37.9 Å². The third kappa shape index (κ3) is 2.07. The zero-order valence-electron chi connectivity index (χ0n) is 8.88. The van der Waals surface area contributed by atoms with E-state index in [0.29, 0.717) is 13.2 Å². The van der Waals surface area contributed by atoms with Gasteiger partial charge < -0.3 is 15.2 Å². The normalized spacial score (nSPS) is 29.0. The van der Waals surface area contributed by atoms with Gasteiger partial charge in [-0.15, -0.1) is 0 Å². The highest BCUT2D eigenvalue weighted by atomic mass is 16.5. The number of nitrogens with one attached hydrogen (secondary N) is 1. The van der Waals surface area contributed by atoms with Crippen LogP contribution in [0.15, 0.2) is 0 Å². The van der Waals surface area contributed by atoms with Crippen LogP contribution in [0.4, 0.5) is 0 Å². The van der Waals surface area contributed by atoms with Gasteiger partial charge in [-0.1, -0.05) is 6.92 Å². The van der Waals surface area contributed by atoms with Crippen LogP contribution < -0.4 is 5.32 Å². The average molecular weight is 201 g/mol. The summed E-state index contributed by atoms with van der Waals surface area (Å²) >= 11 is 0. The summed E-state index contributed by atoms with van der Waals surface area (Å²) in [6, 6.07) is 0. The molecule has 2 N–H and O–H groups in total. The van der Waals surface area contributed by atoms with Crippen molar-refractivity contribution >= 4 is 5.97 Å². The van der Waals surface area contributed by atoms with E-state index in [2.05, 4.69) is 5.32 Å². The van der Waals surface area contributed by atoms with Crippen LogP contribution in [0, 0.1) is 11.3 Å². The van der Waals surface area contributed by atoms with Gasteiger partial charge in [0.2, 0.25) is 0 Å². The number of hydrogen-bond donors (Lipinski definition) is 2. The zero-order chi connectivity index (χ0) is 10.6. The van der Waals surface area contributed by atoms with Crippen LogP contribution in [0.25, 0.3) is 0 Å². The number of carboxylic acids is 1. The second-order valence-corrected chi connectivity index (χ2v) is 4.07. The van der Waals surface area contributed by atoms with E-state index in [-0.39, 0.29) is 5.92 Å². The predicted octanol–water partition coefficient (Wildman–Crippen LogP) is 0.723. The van der Waals surface area contributed by atoms with Gasteiger partial charge in [-0.05, 0) is 25.3 Å². The molecule has 4 heteroatoms. The molecule has 82 valence electrons. The maximum Gasteiger partial charge on any atom is 0.311 e. The molecule has 0 bridgehead atoms. The molecule has 1 heterocycles. The van der Waals surface area contributed by atoms with Gasteiger partial charge in [-0.25, -0.2) is 0 Å². The summed E-state index contributed by atoms with van der Waals surface area (Å²) in [5.74, 6) is -0.513. The lowest BCUT2D eigenvalue weighted by atomic mass is 9.74. The summed E-state index contributed by atoms with van der Waals surface area (Å²) in [6.45, 7) is 4.03. The van der Waals surface area contributed by atoms with Gasteiger partial charge in [0.1, 0.15) is 0 Å². The molecule has 1 saturated heterocycles. The first-order chi connectivity index (χ1) is 6.63. The summed E-state index contributed by atoms with van der Waals surface area (Å²) in [6.07, 6.45) is 1.54. The van der Waals surface area contributed by atoms with Gasteiger partial charge in [0.25, 0.3) is 0 Å². The summed E-state index contributed by atoms with van der Waals surface area (Å²) < 4.78 is 4.98. The molecule has 2 atom stereocenters. The summed E-state index contributed by atoms with van der Waals surface area (Å²) in [4.78, 5) is 11.2.